The Morgan fingerprint density at radius 2 is 1.86 bits per heavy atom. The van der Waals surface area contributed by atoms with Crippen LogP contribution in [0.25, 0.3) is 0 Å². The summed E-state index contributed by atoms with van der Waals surface area (Å²) in [6.45, 7) is 2.49. The minimum atomic E-state index is -0.0502. The molecule has 3 aromatic rings. The molecule has 1 N–H and O–H groups in total. The quantitative estimate of drug-likeness (QED) is 0.608. The Kier molecular flexibility index (Phi) is 6.17. The number of hydrogen-bond acceptors (Lipinski definition) is 5. The van der Waals surface area contributed by atoms with E-state index in [1.807, 2.05) is 47.8 Å². The Morgan fingerprint density at radius 3 is 2.59 bits per heavy atom. The molecule has 0 spiro atoms. The molecule has 0 atom stereocenters. The minimum Gasteiger partial charge on any atom is -0.310 e. The number of likely N-dealkylation sites (tertiary alicyclic amines) is 1. The highest BCUT2D eigenvalue weighted by molar-refractivity contribution is 7.09. The number of carbonyl (C=O) groups is 2. The van der Waals surface area contributed by atoms with E-state index in [2.05, 4.69) is 21.4 Å². The zero-order valence-electron chi connectivity index (χ0n) is 16.2. The molecular weight excluding hydrogens is 384 g/mol. The molecule has 1 saturated heterocycles. The summed E-state index contributed by atoms with van der Waals surface area (Å²) >= 11 is 1.67. The summed E-state index contributed by atoms with van der Waals surface area (Å²) in [6.07, 6.45) is 3.28. The average molecular weight is 409 g/mol. The van der Waals surface area contributed by atoms with E-state index in [1.165, 1.54) is 4.88 Å². The molecule has 0 radical (unpaired) electrons. The molecule has 150 valence electrons. The maximum Gasteiger partial charge on any atom is 0.239 e. The van der Waals surface area contributed by atoms with Crippen molar-refractivity contribution in [1.82, 2.24) is 14.7 Å². The molecule has 1 amide bonds. The molecule has 1 aliphatic heterocycles. The first kappa shape index (κ1) is 19.5. The number of amides is 1. The van der Waals surface area contributed by atoms with E-state index in [9.17, 15) is 9.59 Å². The first-order valence-corrected chi connectivity index (χ1v) is 10.7. The largest absolute Gasteiger partial charge is 0.310 e. The van der Waals surface area contributed by atoms with Crippen LogP contribution in [-0.4, -0.2) is 46.0 Å². The van der Waals surface area contributed by atoms with Gasteiger partial charge in [-0.25, -0.2) is 4.68 Å². The summed E-state index contributed by atoms with van der Waals surface area (Å²) < 4.78 is 1.80. The maximum absolute atomic E-state index is 12.6. The summed E-state index contributed by atoms with van der Waals surface area (Å²) in [5.41, 5.74) is 0.780. The highest BCUT2D eigenvalue weighted by atomic mass is 32.1. The SMILES string of the molecule is O=C(CN1CCC(C(=O)c2ccccc2)CC1)Nc1ccnn1Cc1cccs1. The molecule has 29 heavy (non-hydrogen) atoms. The minimum absolute atomic E-state index is 0.0453. The topological polar surface area (TPSA) is 67.2 Å². The molecule has 3 heterocycles. The predicted octanol–water partition coefficient (Wildman–Crippen LogP) is 3.53. The van der Waals surface area contributed by atoms with Gasteiger partial charge in [-0.05, 0) is 37.4 Å². The van der Waals surface area contributed by atoms with Crippen molar-refractivity contribution in [3.63, 3.8) is 0 Å². The van der Waals surface area contributed by atoms with E-state index in [1.54, 1.807) is 22.2 Å². The summed E-state index contributed by atoms with van der Waals surface area (Å²) in [6, 6.07) is 15.3. The van der Waals surface area contributed by atoms with Crippen LogP contribution in [0.5, 0.6) is 0 Å². The second-order valence-electron chi connectivity index (χ2n) is 7.28. The van der Waals surface area contributed by atoms with E-state index >= 15 is 0 Å². The van der Waals surface area contributed by atoms with Crippen LogP contribution in [0, 0.1) is 5.92 Å². The van der Waals surface area contributed by atoms with Crippen LogP contribution >= 0.6 is 11.3 Å². The van der Waals surface area contributed by atoms with Gasteiger partial charge in [-0.15, -0.1) is 11.3 Å². The van der Waals surface area contributed by atoms with Crippen LogP contribution < -0.4 is 5.32 Å². The first-order valence-electron chi connectivity index (χ1n) is 9.85. The number of ketones is 1. The van der Waals surface area contributed by atoms with Crippen LogP contribution in [0.4, 0.5) is 5.82 Å². The fraction of sp³-hybridized carbons (Fsp3) is 0.318. The highest BCUT2D eigenvalue weighted by Crippen LogP contribution is 2.22. The number of nitrogens with one attached hydrogen (secondary N) is 1. The molecule has 4 rings (SSSR count). The lowest BCUT2D eigenvalue weighted by atomic mass is 9.89. The molecule has 0 saturated carbocycles. The molecule has 7 heteroatoms. The fourth-order valence-corrected chi connectivity index (χ4v) is 4.38. The normalized spacial score (nSPS) is 15.3. The maximum atomic E-state index is 12.6. The number of thiophene rings is 1. The molecule has 1 aromatic carbocycles. The molecule has 6 nitrogen and oxygen atoms in total. The Balaban J connectivity index is 1.26. The summed E-state index contributed by atoms with van der Waals surface area (Å²) in [5.74, 6) is 0.916. The number of Topliss-reactive ketones (excluding diaryl/α,β-unsaturated/α-hetero) is 1. The van der Waals surface area contributed by atoms with E-state index < -0.39 is 0 Å². The third kappa shape index (κ3) is 4.99. The zero-order chi connectivity index (χ0) is 20.1. The van der Waals surface area contributed by atoms with E-state index in [-0.39, 0.29) is 17.6 Å². The Labute approximate surface area is 174 Å². The number of aromatic nitrogens is 2. The van der Waals surface area contributed by atoms with Gasteiger partial charge in [0.15, 0.2) is 5.78 Å². The molecule has 0 unspecified atom stereocenters. The van der Waals surface area contributed by atoms with Gasteiger partial charge >= 0.3 is 0 Å². The monoisotopic (exact) mass is 408 g/mol. The van der Waals surface area contributed by atoms with Crippen molar-refractivity contribution in [3.8, 4) is 0 Å². The van der Waals surface area contributed by atoms with Crippen molar-refractivity contribution in [1.29, 1.82) is 0 Å². The molecule has 0 aliphatic carbocycles. The Morgan fingerprint density at radius 1 is 1.07 bits per heavy atom. The third-order valence-corrected chi connectivity index (χ3v) is 6.11. The van der Waals surface area contributed by atoms with Crippen molar-refractivity contribution in [3.05, 3.63) is 70.5 Å². The van der Waals surface area contributed by atoms with Crippen molar-refractivity contribution in [2.24, 2.45) is 5.92 Å². The zero-order valence-corrected chi connectivity index (χ0v) is 17.0. The second kappa shape index (κ2) is 9.15. The van der Waals surface area contributed by atoms with E-state index in [4.69, 9.17) is 0 Å². The Bertz CT molecular complexity index is 944. The van der Waals surface area contributed by atoms with Crippen LogP contribution in [0.2, 0.25) is 0 Å². The summed E-state index contributed by atoms with van der Waals surface area (Å²) in [4.78, 5) is 28.4. The second-order valence-corrected chi connectivity index (χ2v) is 8.31. The van der Waals surface area contributed by atoms with Crippen LogP contribution in [0.1, 0.15) is 28.1 Å². The highest BCUT2D eigenvalue weighted by Gasteiger charge is 2.26. The number of piperidine rings is 1. The number of nitrogens with zero attached hydrogens (tertiary/aromatic N) is 3. The van der Waals surface area contributed by atoms with Crippen molar-refractivity contribution in [2.45, 2.75) is 19.4 Å². The summed E-state index contributed by atoms with van der Waals surface area (Å²) in [5, 5.41) is 9.31. The van der Waals surface area contributed by atoms with Gasteiger partial charge < -0.3 is 5.32 Å². The lowest BCUT2D eigenvalue weighted by molar-refractivity contribution is -0.117. The number of carbonyl (C=O) groups excluding carboxylic acids is 2. The first-order chi connectivity index (χ1) is 14.2. The van der Waals surface area contributed by atoms with Crippen molar-refractivity contribution < 1.29 is 9.59 Å². The molecule has 1 fully saturated rings. The van der Waals surface area contributed by atoms with E-state index in [0.29, 0.717) is 18.9 Å². The molecule has 2 aromatic heterocycles. The van der Waals surface area contributed by atoms with Gasteiger partial charge in [-0.2, -0.15) is 5.10 Å². The number of benzene rings is 1. The van der Waals surface area contributed by atoms with Gasteiger partial charge in [0.05, 0.1) is 19.3 Å². The third-order valence-electron chi connectivity index (χ3n) is 5.25. The number of hydrogen-bond donors (Lipinski definition) is 1. The Hall–Kier alpha value is -2.77. The van der Waals surface area contributed by atoms with Gasteiger partial charge in [0.1, 0.15) is 5.82 Å². The lowest BCUT2D eigenvalue weighted by Gasteiger charge is -2.30. The van der Waals surface area contributed by atoms with Crippen LogP contribution in [-0.2, 0) is 11.3 Å². The smallest absolute Gasteiger partial charge is 0.239 e. The van der Waals surface area contributed by atoms with Gasteiger partial charge in [0.2, 0.25) is 5.91 Å². The number of rotatable bonds is 7. The average Bonchev–Trinajstić information content (AvgIpc) is 3.41. The van der Waals surface area contributed by atoms with Crippen LogP contribution in [0.3, 0.4) is 0 Å². The molecular formula is C22H24N4O2S. The van der Waals surface area contributed by atoms with Crippen LogP contribution in [0.15, 0.2) is 60.1 Å². The lowest BCUT2D eigenvalue weighted by Crippen LogP contribution is -2.41. The molecule has 1 aliphatic rings. The van der Waals surface area contributed by atoms with Gasteiger partial charge in [-0.1, -0.05) is 36.4 Å². The van der Waals surface area contributed by atoms with Gasteiger partial charge in [-0.3, -0.25) is 14.5 Å². The van der Waals surface area contributed by atoms with E-state index in [0.717, 1.165) is 31.5 Å². The van der Waals surface area contributed by atoms with Crippen molar-refractivity contribution >= 4 is 28.8 Å². The number of anilines is 1. The van der Waals surface area contributed by atoms with Gasteiger partial charge in [0, 0.05) is 22.4 Å². The van der Waals surface area contributed by atoms with Gasteiger partial charge in [0.25, 0.3) is 0 Å². The molecule has 0 bridgehead atoms. The van der Waals surface area contributed by atoms with Crippen molar-refractivity contribution in [2.75, 3.05) is 25.0 Å². The summed E-state index contributed by atoms with van der Waals surface area (Å²) in [7, 11) is 0. The predicted molar refractivity (Wildman–Crippen MR) is 114 cm³/mol. The standard InChI is InChI=1S/C22H24N4O2S/c27-21(24-20-8-11-23-26(20)15-19-7-4-14-29-19)16-25-12-9-18(10-13-25)22(28)17-5-2-1-3-6-17/h1-8,11,14,18H,9-10,12-13,15-16H2,(H,24,27). The fourth-order valence-electron chi connectivity index (χ4n) is 3.69.